The lowest BCUT2D eigenvalue weighted by Gasteiger charge is -2.36. The Morgan fingerprint density at radius 2 is 1.57 bits per heavy atom. The van der Waals surface area contributed by atoms with Crippen LogP contribution in [0.4, 0.5) is 5.69 Å². The van der Waals surface area contributed by atoms with E-state index < -0.39 is 5.97 Å². The standard InChI is InChI=1S/C20H20Cl2N2O4/c21-15-3-1-5-17(11-15)23-7-9-24(10-8-23)19(25)13-28-20(26)14-27-18-6-2-4-16(22)12-18/h1-6,11-12H,7-10,13-14H2. The molecule has 1 fully saturated rings. The van der Waals surface area contributed by atoms with Gasteiger partial charge in [-0.1, -0.05) is 35.3 Å². The second-order valence-electron chi connectivity index (χ2n) is 6.25. The Bertz CT molecular complexity index is 838. The van der Waals surface area contributed by atoms with Gasteiger partial charge in [0.1, 0.15) is 5.75 Å². The first-order valence-corrected chi connectivity index (χ1v) is 9.59. The van der Waals surface area contributed by atoms with Gasteiger partial charge in [-0.15, -0.1) is 0 Å². The van der Waals surface area contributed by atoms with Crippen molar-refractivity contribution in [2.24, 2.45) is 0 Å². The van der Waals surface area contributed by atoms with Gasteiger partial charge in [0, 0.05) is 41.9 Å². The van der Waals surface area contributed by atoms with Crippen LogP contribution in [-0.4, -0.2) is 56.2 Å². The van der Waals surface area contributed by atoms with E-state index in [9.17, 15) is 9.59 Å². The van der Waals surface area contributed by atoms with Crippen molar-refractivity contribution in [2.45, 2.75) is 0 Å². The Labute approximate surface area is 173 Å². The summed E-state index contributed by atoms with van der Waals surface area (Å²) in [7, 11) is 0. The fourth-order valence-electron chi connectivity index (χ4n) is 2.86. The molecular formula is C20H20Cl2N2O4. The van der Waals surface area contributed by atoms with E-state index in [1.807, 2.05) is 24.3 Å². The second kappa shape index (κ2) is 9.66. The maximum atomic E-state index is 12.3. The molecule has 1 saturated heterocycles. The summed E-state index contributed by atoms with van der Waals surface area (Å²) in [6.45, 7) is 1.92. The summed E-state index contributed by atoms with van der Waals surface area (Å²) < 4.78 is 10.3. The SMILES string of the molecule is O=C(COc1cccc(Cl)c1)OCC(=O)N1CCN(c2cccc(Cl)c2)CC1. The molecule has 28 heavy (non-hydrogen) atoms. The molecule has 0 N–H and O–H groups in total. The number of hydrogen-bond acceptors (Lipinski definition) is 5. The van der Waals surface area contributed by atoms with Crippen LogP contribution in [0.2, 0.25) is 10.0 Å². The third kappa shape index (κ3) is 5.78. The van der Waals surface area contributed by atoms with Crippen molar-refractivity contribution in [2.75, 3.05) is 44.3 Å². The van der Waals surface area contributed by atoms with Crippen molar-refractivity contribution in [1.29, 1.82) is 0 Å². The molecule has 0 aromatic heterocycles. The summed E-state index contributed by atoms with van der Waals surface area (Å²) >= 11 is 11.9. The number of halogens is 2. The van der Waals surface area contributed by atoms with Gasteiger partial charge in [-0.25, -0.2) is 4.79 Å². The van der Waals surface area contributed by atoms with E-state index in [1.54, 1.807) is 29.2 Å². The first-order valence-electron chi connectivity index (χ1n) is 8.83. The monoisotopic (exact) mass is 422 g/mol. The summed E-state index contributed by atoms with van der Waals surface area (Å²) in [4.78, 5) is 27.9. The summed E-state index contributed by atoms with van der Waals surface area (Å²) in [5.41, 5.74) is 1.03. The highest BCUT2D eigenvalue weighted by atomic mass is 35.5. The number of carbonyl (C=O) groups excluding carboxylic acids is 2. The molecule has 0 aliphatic carbocycles. The number of piperazine rings is 1. The van der Waals surface area contributed by atoms with Gasteiger partial charge in [-0.05, 0) is 36.4 Å². The normalized spacial score (nSPS) is 13.9. The van der Waals surface area contributed by atoms with Gasteiger partial charge < -0.3 is 19.3 Å². The highest BCUT2D eigenvalue weighted by Crippen LogP contribution is 2.21. The van der Waals surface area contributed by atoms with Crippen LogP contribution in [0.15, 0.2) is 48.5 Å². The molecule has 2 aromatic carbocycles. The molecule has 1 aliphatic heterocycles. The van der Waals surface area contributed by atoms with Gasteiger partial charge in [0.25, 0.3) is 5.91 Å². The van der Waals surface area contributed by atoms with Crippen molar-refractivity contribution in [3.63, 3.8) is 0 Å². The van der Waals surface area contributed by atoms with Crippen molar-refractivity contribution in [1.82, 2.24) is 4.90 Å². The van der Waals surface area contributed by atoms with Gasteiger partial charge in [0.2, 0.25) is 0 Å². The van der Waals surface area contributed by atoms with Gasteiger partial charge in [0.05, 0.1) is 0 Å². The molecule has 0 atom stereocenters. The average Bonchev–Trinajstić information content (AvgIpc) is 2.70. The summed E-state index contributed by atoms with van der Waals surface area (Å²) in [5.74, 6) is -0.361. The van der Waals surface area contributed by atoms with Crippen molar-refractivity contribution >= 4 is 40.8 Å². The van der Waals surface area contributed by atoms with Crippen LogP contribution in [0.5, 0.6) is 5.75 Å². The summed E-state index contributed by atoms with van der Waals surface area (Å²) in [6, 6.07) is 14.3. The Morgan fingerprint density at radius 3 is 2.25 bits per heavy atom. The van der Waals surface area contributed by atoms with E-state index in [0.29, 0.717) is 42.0 Å². The number of benzene rings is 2. The maximum Gasteiger partial charge on any atom is 0.344 e. The van der Waals surface area contributed by atoms with E-state index in [0.717, 1.165) is 5.69 Å². The van der Waals surface area contributed by atoms with Crippen molar-refractivity contribution in [3.05, 3.63) is 58.6 Å². The van der Waals surface area contributed by atoms with Gasteiger partial charge in [-0.3, -0.25) is 4.79 Å². The third-order valence-corrected chi connectivity index (χ3v) is 4.79. The molecule has 6 nitrogen and oxygen atoms in total. The molecule has 1 aliphatic rings. The zero-order valence-corrected chi connectivity index (χ0v) is 16.7. The Morgan fingerprint density at radius 1 is 0.893 bits per heavy atom. The number of nitrogens with zero attached hydrogens (tertiary/aromatic N) is 2. The van der Waals surface area contributed by atoms with E-state index in [2.05, 4.69) is 4.90 Å². The zero-order chi connectivity index (χ0) is 19.9. The summed E-state index contributed by atoms with van der Waals surface area (Å²) in [5, 5.41) is 1.20. The number of rotatable bonds is 6. The lowest BCUT2D eigenvalue weighted by molar-refractivity contribution is -0.153. The van der Waals surface area contributed by atoms with Gasteiger partial charge in [0.15, 0.2) is 13.2 Å². The number of esters is 1. The van der Waals surface area contributed by atoms with Crippen LogP contribution in [0.3, 0.4) is 0 Å². The van der Waals surface area contributed by atoms with Gasteiger partial charge >= 0.3 is 5.97 Å². The number of ether oxygens (including phenoxy) is 2. The number of carbonyl (C=O) groups is 2. The van der Waals surface area contributed by atoms with E-state index in [4.69, 9.17) is 32.7 Å². The zero-order valence-electron chi connectivity index (χ0n) is 15.1. The fourth-order valence-corrected chi connectivity index (χ4v) is 3.23. The Balaban J connectivity index is 1.39. The minimum Gasteiger partial charge on any atom is -0.482 e. The number of amides is 1. The van der Waals surface area contributed by atoms with Crippen molar-refractivity contribution < 1.29 is 19.1 Å². The lowest BCUT2D eigenvalue weighted by Crippen LogP contribution is -2.50. The number of anilines is 1. The molecule has 0 spiro atoms. The topological polar surface area (TPSA) is 59.1 Å². The van der Waals surface area contributed by atoms with Crippen LogP contribution in [-0.2, 0) is 14.3 Å². The van der Waals surface area contributed by atoms with E-state index in [1.165, 1.54) is 0 Å². The van der Waals surface area contributed by atoms with E-state index in [-0.39, 0.29) is 19.1 Å². The molecule has 0 unspecified atom stereocenters. The lowest BCUT2D eigenvalue weighted by atomic mass is 10.2. The van der Waals surface area contributed by atoms with E-state index >= 15 is 0 Å². The number of hydrogen-bond donors (Lipinski definition) is 0. The quantitative estimate of drug-likeness (QED) is 0.668. The molecular weight excluding hydrogens is 403 g/mol. The fraction of sp³-hybridized carbons (Fsp3) is 0.300. The Hall–Kier alpha value is -2.44. The average molecular weight is 423 g/mol. The molecule has 2 aromatic rings. The highest BCUT2D eigenvalue weighted by molar-refractivity contribution is 6.31. The largest absolute Gasteiger partial charge is 0.482 e. The molecule has 0 saturated carbocycles. The molecule has 0 radical (unpaired) electrons. The third-order valence-electron chi connectivity index (χ3n) is 4.32. The first kappa shape index (κ1) is 20.3. The molecule has 0 bridgehead atoms. The minimum absolute atomic E-state index is 0.221. The molecule has 3 rings (SSSR count). The highest BCUT2D eigenvalue weighted by Gasteiger charge is 2.22. The minimum atomic E-state index is -0.606. The Kier molecular flexibility index (Phi) is 7.01. The second-order valence-corrected chi connectivity index (χ2v) is 7.13. The van der Waals surface area contributed by atoms with Crippen LogP contribution < -0.4 is 9.64 Å². The summed E-state index contributed by atoms with van der Waals surface area (Å²) in [6.07, 6.45) is 0. The first-order chi connectivity index (χ1) is 13.5. The van der Waals surface area contributed by atoms with Crippen LogP contribution in [0.25, 0.3) is 0 Å². The molecule has 8 heteroatoms. The maximum absolute atomic E-state index is 12.3. The predicted octanol–water partition coefficient (Wildman–Crippen LogP) is 3.26. The molecule has 148 valence electrons. The van der Waals surface area contributed by atoms with Gasteiger partial charge in [-0.2, -0.15) is 0 Å². The van der Waals surface area contributed by atoms with Crippen molar-refractivity contribution in [3.8, 4) is 5.75 Å². The smallest absolute Gasteiger partial charge is 0.344 e. The predicted molar refractivity (Wildman–Crippen MR) is 108 cm³/mol. The molecule has 1 heterocycles. The van der Waals surface area contributed by atoms with Crippen LogP contribution in [0.1, 0.15) is 0 Å². The van der Waals surface area contributed by atoms with Crippen LogP contribution in [0, 0.1) is 0 Å². The molecule has 1 amide bonds. The van der Waals surface area contributed by atoms with Crippen LogP contribution >= 0.6 is 23.2 Å².